The molecule has 2 N–H and O–H groups in total. The lowest BCUT2D eigenvalue weighted by Gasteiger charge is -2.07. The standard InChI is InChI=1S/C18H17FN2O4/c1-24-15-8-9-16(25-2)13(11-15)5-10-17(22)20-21-18(23)12-3-6-14(19)7-4-12/h3-11H,1-2H3,(H,20,22)(H,21,23). The van der Waals surface area contributed by atoms with Gasteiger partial charge in [0.2, 0.25) is 0 Å². The fraction of sp³-hybridized carbons (Fsp3) is 0.111. The van der Waals surface area contributed by atoms with Crippen LogP contribution in [0, 0.1) is 5.82 Å². The van der Waals surface area contributed by atoms with Crippen LogP contribution >= 0.6 is 0 Å². The first-order chi connectivity index (χ1) is 12.0. The van der Waals surface area contributed by atoms with E-state index >= 15 is 0 Å². The van der Waals surface area contributed by atoms with Gasteiger partial charge < -0.3 is 9.47 Å². The van der Waals surface area contributed by atoms with Crippen LogP contribution in [-0.4, -0.2) is 26.0 Å². The van der Waals surface area contributed by atoms with Gasteiger partial charge in [0.1, 0.15) is 17.3 Å². The third-order valence-electron chi connectivity index (χ3n) is 3.26. The largest absolute Gasteiger partial charge is 0.497 e. The molecule has 0 unspecified atom stereocenters. The molecule has 2 amide bonds. The summed E-state index contributed by atoms with van der Waals surface area (Å²) >= 11 is 0. The van der Waals surface area contributed by atoms with Crippen molar-refractivity contribution in [1.82, 2.24) is 10.9 Å². The quantitative estimate of drug-likeness (QED) is 0.645. The summed E-state index contributed by atoms with van der Waals surface area (Å²) in [5.74, 6) is -0.359. The number of hydrazine groups is 1. The Morgan fingerprint density at radius 3 is 2.36 bits per heavy atom. The minimum absolute atomic E-state index is 0.222. The van der Waals surface area contributed by atoms with E-state index in [0.717, 1.165) is 12.1 Å². The van der Waals surface area contributed by atoms with Gasteiger partial charge in [0.15, 0.2) is 0 Å². The lowest BCUT2D eigenvalue weighted by Crippen LogP contribution is -2.40. The Balaban J connectivity index is 1.97. The molecule has 0 saturated carbocycles. The highest BCUT2D eigenvalue weighted by molar-refractivity contribution is 5.98. The number of ether oxygens (including phenoxy) is 2. The molecule has 7 heteroatoms. The summed E-state index contributed by atoms with van der Waals surface area (Å²) in [6, 6.07) is 10.1. The number of hydrogen-bond donors (Lipinski definition) is 2. The van der Waals surface area contributed by atoms with E-state index in [1.807, 2.05) is 0 Å². The zero-order chi connectivity index (χ0) is 18.2. The monoisotopic (exact) mass is 344 g/mol. The molecular formula is C18H17FN2O4. The first-order valence-electron chi connectivity index (χ1n) is 7.29. The average molecular weight is 344 g/mol. The Hall–Kier alpha value is -3.35. The summed E-state index contributed by atoms with van der Waals surface area (Å²) in [7, 11) is 3.05. The Bertz CT molecular complexity index is 788. The summed E-state index contributed by atoms with van der Waals surface area (Å²) in [6.07, 6.45) is 2.77. The molecule has 0 heterocycles. The number of hydrogen-bond acceptors (Lipinski definition) is 4. The molecule has 6 nitrogen and oxygen atoms in total. The van der Waals surface area contributed by atoms with Gasteiger partial charge in [0.05, 0.1) is 14.2 Å². The van der Waals surface area contributed by atoms with Crippen LogP contribution in [0.1, 0.15) is 15.9 Å². The van der Waals surface area contributed by atoms with Crippen molar-refractivity contribution in [1.29, 1.82) is 0 Å². The van der Waals surface area contributed by atoms with Gasteiger partial charge in [-0.05, 0) is 48.5 Å². The number of rotatable bonds is 5. The third kappa shape index (κ3) is 5.07. The number of benzene rings is 2. The summed E-state index contributed by atoms with van der Waals surface area (Å²) in [4.78, 5) is 23.6. The number of nitrogens with one attached hydrogen (secondary N) is 2. The SMILES string of the molecule is COc1ccc(OC)c(C=CC(=O)NNC(=O)c2ccc(F)cc2)c1. The molecule has 2 rings (SSSR count). The van der Waals surface area contributed by atoms with Crippen LogP contribution in [0.2, 0.25) is 0 Å². The van der Waals surface area contributed by atoms with Crippen LogP contribution in [0.25, 0.3) is 6.08 Å². The summed E-state index contributed by atoms with van der Waals surface area (Å²) in [6.45, 7) is 0. The molecule has 0 aliphatic carbocycles. The maximum absolute atomic E-state index is 12.8. The van der Waals surface area contributed by atoms with Crippen molar-refractivity contribution in [2.45, 2.75) is 0 Å². The van der Waals surface area contributed by atoms with Gasteiger partial charge in [-0.3, -0.25) is 20.4 Å². The highest BCUT2D eigenvalue weighted by Crippen LogP contribution is 2.24. The maximum Gasteiger partial charge on any atom is 0.269 e. The van der Waals surface area contributed by atoms with Crippen LogP contribution in [0.5, 0.6) is 11.5 Å². The zero-order valence-electron chi connectivity index (χ0n) is 13.7. The summed E-state index contributed by atoms with van der Waals surface area (Å²) in [5, 5.41) is 0. The minimum Gasteiger partial charge on any atom is -0.497 e. The Morgan fingerprint density at radius 1 is 1.00 bits per heavy atom. The van der Waals surface area contributed by atoms with E-state index in [4.69, 9.17) is 9.47 Å². The van der Waals surface area contributed by atoms with Gasteiger partial charge in [-0.2, -0.15) is 0 Å². The van der Waals surface area contributed by atoms with Gasteiger partial charge in [-0.15, -0.1) is 0 Å². The topological polar surface area (TPSA) is 76.7 Å². The van der Waals surface area contributed by atoms with E-state index in [-0.39, 0.29) is 5.56 Å². The molecule has 0 atom stereocenters. The zero-order valence-corrected chi connectivity index (χ0v) is 13.7. The fourth-order valence-electron chi connectivity index (χ4n) is 1.97. The van der Waals surface area contributed by atoms with E-state index in [2.05, 4.69) is 10.9 Å². The molecule has 0 aromatic heterocycles. The highest BCUT2D eigenvalue weighted by atomic mass is 19.1. The molecule has 2 aromatic rings. The molecule has 0 fully saturated rings. The molecule has 0 saturated heterocycles. The second kappa shape index (κ2) is 8.49. The predicted octanol–water partition coefficient (Wildman–Crippen LogP) is 2.32. The molecule has 25 heavy (non-hydrogen) atoms. The van der Waals surface area contributed by atoms with E-state index in [0.29, 0.717) is 17.1 Å². The minimum atomic E-state index is -0.555. The lowest BCUT2D eigenvalue weighted by molar-refractivity contribution is -0.117. The summed E-state index contributed by atoms with van der Waals surface area (Å²) in [5.41, 5.74) is 5.34. The molecule has 0 bridgehead atoms. The van der Waals surface area contributed by atoms with Crippen molar-refractivity contribution in [3.8, 4) is 11.5 Å². The van der Waals surface area contributed by atoms with Gasteiger partial charge in [-0.25, -0.2) is 4.39 Å². The van der Waals surface area contributed by atoms with Crippen molar-refractivity contribution in [3.63, 3.8) is 0 Å². The van der Waals surface area contributed by atoms with E-state index in [9.17, 15) is 14.0 Å². The van der Waals surface area contributed by atoms with Gasteiger partial charge >= 0.3 is 0 Å². The third-order valence-corrected chi connectivity index (χ3v) is 3.26. The van der Waals surface area contributed by atoms with Crippen molar-refractivity contribution in [2.24, 2.45) is 0 Å². The van der Waals surface area contributed by atoms with Crippen LogP contribution in [0.15, 0.2) is 48.5 Å². The molecule has 0 aliphatic heterocycles. The number of halogens is 1. The van der Waals surface area contributed by atoms with E-state index < -0.39 is 17.6 Å². The van der Waals surface area contributed by atoms with Crippen molar-refractivity contribution in [3.05, 3.63) is 65.5 Å². The van der Waals surface area contributed by atoms with Crippen molar-refractivity contribution >= 4 is 17.9 Å². The van der Waals surface area contributed by atoms with Crippen molar-refractivity contribution < 1.29 is 23.5 Å². The lowest BCUT2D eigenvalue weighted by atomic mass is 10.1. The smallest absolute Gasteiger partial charge is 0.269 e. The molecular weight excluding hydrogens is 327 g/mol. The predicted molar refractivity (Wildman–Crippen MR) is 90.6 cm³/mol. The second-order valence-corrected chi connectivity index (χ2v) is 4.89. The van der Waals surface area contributed by atoms with Crippen LogP contribution < -0.4 is 20.3 Å². The van der Waals surface area contributed by atoms with E-state index in [1.54, 1.807) is 18.2 Å². The number of carbonyl (C=O) groups is 2. The highest BCUT2D eigenvalue weighted by Gasteiger charge is 2.07. The van der Waals surface area contributed by atoms with Crippen molar-refractivity contribution in [2.75, 3.05) is 14.2 Å². The normalized spacial score (nSPS) is 10.4. The Kier molecular flexibility index (Phi) is 6.11. The molecule has 130 valence electrons. The number of carbonyl (C=O) groups excluding carboxylic acids is 2. The molecule has 0 spiro atoms. The molecule has 2 aromatic carbocycles. The second-order valence-electron chi connectivity index (χ2n) is 4.89. The van der Waals surface area contributed by atoms with Crippen LogP contribution in [-0.2, 0) is 4.79 Å². The molecule has 0 radical (unpaired) electrons. The van der Waals surface area contributed by atoms with Gasteiger partial charge in [-0.1, -0.05) is 0 Å². The first kappa shape index (κ1) is 18.0. The average Bonchev–Trinajstić information content (AvgIpc) is 2.64. The van der Waals surface area contributed by atoms with Gasteiger partial charge in [0.25, 0.3) is 11.8 Å². The fourth-order valence-corrected chi connectivity index (χ4v) is 1.97. The Labute approximate surface area is 144 Å². The first-order valence-corrected chi connectivity index (χ1v) is 7.29. The Morgan fingerprint density at radius 2 is 1.72 bits per heavy atom. The number of amides is 2. The van der Waals surface area contributed by atoms with Gasteiger partial charge in [0, 0.05) is 17.2 Å². The molecule has 0 aliphatic rings. The van der Waals surface area contributed by atoms with E-state index in [1.165, 1.54) is 38.5 Å². The maximum atomic E-state index is 12.8. The van der Waals surface area contributed by atoms with Crippen LogP contribution in [0.4, 0.5) is 4.39 Å². The summed E-state index contributed by atoms with van der Waals surface area (Å²) < 4.78 is 23.1. The number of methoxy groups -OCH3 is 2. The van der Waals surface area contributed by atoms with Crippen LogP contribution in [0.3, 0.4) is 0 Å².